The van der Waals surface area contributed by atoms with Crippen molar-refractivity contribution < 1.29 is 9.47 Å². The molecule has 2 unspecified atom stereocenters. The van der Waals surface area contributed by atoms with E-state index < -0.39 is 0 Å². The summed E-state index contributed by atoms with van der Waals surface area (Å²) in [4.78, 5) is 0. The van der Waals surface area contributed by atoms with E-state index in [1.807, 2.05) is 6.08 Å². The maximum absolute atomic E-state index is 5.35. The first-order chi connectivity index (χ1) is 6.11. The third-order valence-corrected chi connectivity index (χ3v) is 2.08. The van der Waals surface area contributed by atoms with Gasteiger partial charge in [-0.1, -0.05) is 20.8 Å². The number of hydrogen-bond donors (Lipinski definition) is 0. The molecule has 0 aliphatic heterocycles. The van der Waals surface area contributed by atoms with E-state index in [4.69, 9.17) is 9.47 Å². The zero-order valence-corrected chi connectivity index (χ0v) is 9.41. The summed E-state index contributed by atoms with van der Waals surface area (Å²) in [5, 5.41) is 0. The Kier molecular flexibility index (Phi) is 6.69. The lowest BCUT2D eigenvalue weighted by atomic mass is 9.94. The number of ether oxygens (including phenoxy) is 2. The molecule has 0 amide bonds. The Morgan fingerprint density at radius 1 is 1.15 bits per heavy atom. The summed E-state index contributed by atoms with van der Waals surface area (Å²) in [6.07, 6.45) is 4.99. The van der Waals surface area contributed by atoms with E-state index in [0.717, 1.165) is 0 Å². The Morgan fingerprint density at radius 3 is 2.15 bits per heavy atom. The van der Waals surface area contributed by atoms with Gasteiger partial charge in [-0.2, -0.15) is 0 Å². The number of methoxy groups -OCH3 is 2. The Balaban J connectivity index is 3.98. The molecule has 0 aliphatic carbocycles. The summed E-state index contributed by atoms with van der Waals surface area (Å²) in [6.45, 7) is 6.65. The van der Waals surface area contributed by atoms with E-state index >= 15 is 0 Å². The van der Waals surface area contributed by atoms with Gasteiger partial charge in [-0.15, -0.1) is 0 Å². The van der Waals surface area contributed by atoms with E-state index in [-0.39, 0.29) is 6.10 Å². The summed E-state index contributed by atoms with van der Waals surface area (Å²) in [5.74, 6) is 1.25. The van der Waals surface area contributed by atoms with E-state index in [1.165, 1.54) is 6.42 Å². The van der Waals surface area contributed by atoms with Crippen LogP contribution in [0, 0.1) is 11.8 Å². The lowest BCUT2D eigenvalue weighted by Crippen LogP contribution is -2.19. The number of rotatable bonds is 6. The SMILES string of the molecule is COC=CC(OC)C(C)CC(C)C. The zero-order chi connectivity index (χ0) is 10.3. The molecule has 0 bridgehead atoms. The van der Waals surface area contributed by atoms with Gasteiger partial charge in [0.2, 0.25) is 0 Å². The van der Waals surface area contributed by atoms with Gasteiger partial charge >= 0.3 is 0 Å². The van der Waals surface area contributed by atoms with Gasteiger partial charge in [-0.05, 0) is 24.3 Å². The molecule has 2 atom stereocenters. The molecule has 0 rings (SSSR count). The maximum atomic E-state index is 5.35. The van der Waals surface area contributed by atoms with Crippen LogP contribution >= 0.6 is 0 Å². The minimum atomic E-state index is 0.169. The lowest BCUT2D eigenvalue weighted by molar-refractivity contribution is 0.0853. The Bertz CT molecular complexity index is 141. The third kappa shape index (κ3) is 5.69. The molecule has 0 aromatic carbocycles. The molecule has 0 saturated heterocycles. The summed E-state index contributed by atoms with van der Waals surface area (Å²) >= 11 is 0. The molecule has 0 saturated carbocycles. The molecule has 0 N–H and O–H groups in total. The molecule has 0 spiro atoms. The highest BCUT2D eigenvalue weighted by Crippen LogP contribution is 2.17. The van der Waals surface area contributed by atoms with Crippen LogP contribution in [-0.4, -0.2) is 20.3 Å². The van der Waals surface area contributed by atoms with Gasteiger partial charge in [0.15, 0.2) is 0 Å². The average molecular weight is 186 g/mol. The molecule has 2 heteroatoms. The smallest absolute Gasteiger partial charge is 0.0810 e. The molecular weight excluding hydrogens is 164 g/mol. The maximum Gasteiger partial charge on any atom is 0.0810 e. The summed E-state index contributed by atoms with van der Waals surface area (Å²) in [6, 6.07) is 0. The Labute approximate surface area is 81.9 Å². The van der Waals surface area contributed by atoms with Crippen molar-refractivity contribution in [3.8, 4) is 0 Å². The zero-order valence-electron chi connectivity index (χ0n) is 9.41. The fourth-order valence-corrected chi connectivity index (χ4v) is 1.53. The molecule has 13 heavy (non-hydrogen) atoms. The van der Waals surface area contributed by atoms with Gasteiger partial charge in [0, 0.05) is 7.11 Å². The van der Waals surface area contributed by atoms with Crippen molar-refractivity contribution >= 4 is 0 Å². The van der Waals surface area contributed by atoms with Crippen LogP contribution in [0.2, 0.25) is 0 Å². The lowest BCUT2D eigenvalue weighted by Gasteiger charge is -2.20. The second-order valence-electron chi connectivity index (χ2n) is 3.87. The van der Waals surface area contributed by atoms with Crippen molar-refractivity contribution in [3.05, 3.63) is 12.3 Å². The molecular formula is C11H22O2. The van der Waals surface area contributed by atoms with Gasteiger partial charge in [-0.25, -0.2) is 0 Å². The minimum absolute atomic E-state index is 0.169. The van der Waals surface area contributed by atoms with Crippen molar-refractivity contribution in [3.63, 3.8) is 0 Å². The van der Waals surface area contributed by atoms with Crippen LogP contribution in [0.5, 0.6) is 0 Å². The van der Waals surface area contributed by atoms with Crippen LogP contribution in [0.4, 0.5) is 0 Å². The van der Waals surface area contributed by atoms with E-state index in [0.29, 0.717) is 11.8 Å². The fourth-order valence-electron chi connectivity index (χ4n) is 1.53. The van der Waals surface area contributed by atoms with Crippen LogP contribution < -0.4 is 0 Å². The van der Waals surface area contributed by atoms with Gasteiger partial charge < -0.3 is 9.47 Å². The first-order valence-electron chi connectivity index (χ1n) is 4.84. The largest absolute Gasteiger partial charge is 0.505 e. The molecule has 0 fully saturated rings. The van der Waals surface area contributed by atoms with Crippen LogP contribution in [0.25, 0.3) is 0 Å². The predicted molar refractivity (Wildman–Crippen MR) is 55.6 cm³/mol. The fraction of sp³-hybridized carbons (Fsp3) is 0.818. The molecule has 0 aliphatic rings. The van der Waals surface area contributed by atoms with Crippen molar-refractivity contribution in [2.45, 2.75) is 33.3 Å². The predicted octanol–water partition coefficient (Wildman–Crippen LogP) is 2.84. The first kappa shape index (κ1) is 12.5. The molecule has 0 aromatic rings. The first-order valence-corrected chi connectivity index (χ1v) is 4.84. The Hall–Kier alpha value is -0.500. The topological polar surface area (TPSA) is 18.5 Å². The summed E-state index contributed by atoms with van der Waals surface area (Å²) < 4.78 is 10.2. The van der Waals surface area contributed by atoms with Gasteiger partial charge in [0.05, 0.1) is 19.5 Å². The summed E-state index contributed by atoms with van der Waals surface area (Å²) in [5.41, 5.74) is 0. The van der Waals surface area contributed by atoms with Crippen LogP contribution in [0.15, 0.2) is 12.3 Å². The minimum Gasteiger partial charge on any atom is -0.505 e. The van der Waals surface area contributed by atoms with Crippen LogP contribution in [0.3, 0.4) is 0 Å². The molecule has 2 nitrogen and oxygen atoms in total. The highest BCUT2D eigenvalue weighted by molar-refractivity contribution is 4.87. The standard InChI is InChI=1S/C11H22O2/c1-9(2)8-10(3)11(13-5)6-7-12-4/h6-7,9-11H,8H2,1-5H3. The average Bonchev–Trinajstić information content (AvgIpc) is 2.04. The Morgan fingerprint density at radius 2 is 1.77 bits per heavy atom. The molecule has 78 valence electrons. The monoisotopic (exact) mass is 186 g/mol. The van der Waals surface area contributed by atoms with E-state index in [9.17, 15) is 0 Å². The van der Waals surface area contributed by atoms with E-state index in [1.54, 1.807) is 20.5 Å². The van der Waals surface area contributed by atoms with E-state index in [2.05, 4.69) is 20.8 Å². The van der Waals surface area contributed by atoms with Crippen LogP contribution in [-0.2, 0) is 9.47 Å². The normalized spacial score (nSPS) is 16.5. The second-order valence-corrected chi connectivity index (χ2v) is 3.87. The van der Waals surface area contributed by atoms with Crippen molar-refractivity contribution in [2.24, 2.45) is 11.8 Å². The molecule has 0 heterocycles. The highest BCUT2D eigenvalue weighted by atomic mass is 16.5. The molecule has 0 radical (unpaired) electrons. The van der Waals surface area contributed by atoms with Crippen molar-refractivity contribution in [1.82, 2.24) is 0 Å². The van der Waals surface area contributed by atoms with Gasteiger partial charge in [-0.3, -0.25) is 0 Å². The van der Waals surface area contributed by atoms with Gasteiger partial charge in [0.25, 0.3) is 0 Å². The van der Waals surface area contributed by atoms with Crippen LogP contribution in [0.1, 0.15) is 27.2 Å². The summed E-state index contributed by atoms with van der Waals surface area (Å²) in [7, 11) is 3.39. The quantitative estimate of drug-likeness (QED) is 0.594. The molecule has 0 aromatic heterocycles. The highest BCUT2D eigenvalue weighted by Gasteiger charge is 2.14. The number of hydrogen-bond acceptors (Lipinski definition) is 2. The van der Waals surface area contributed by atoms with Gasteiger partial charge in [0.1, 0.15) is 0 Å². The van der Waals surface area contributed by atoms with Crippen molar-refractivity contribution in [1.29, 1.82) is 0 Å². The second kappa shape index (κ2) is 6.96. The third-order valence-electron chi connectivity index (χ3n) is 2.08. The van der Waals surface area contributed by atoms with Crippen molar-refractivity contribution in [2.75, 3.05) is 14.2 Å².